The monoisotopic (exact) mass is 387 g/mol. The highest BCUT2D eigenvalue weighted by Gasteiger charge is 2.70. The van der Waals surface area contributed by atoms with Gasteiger partial charge in [-0.25, -0.2) is 0 Å². The molecule has 0 amide bonds. The lowest BCUT2D eigenvalue weighted by Gasteiger charge is -2.52. The molecule has 5 heteroatoms. The normalized spacial score (nSPS) is 32.6. The number of fused-ring (bicyclic) bond motifs is 1. The van der Waals surface area contributed by atoms with Crippen molar-refractivity contribution < 1.29 is 19.0 Å². The van der Waals surface area contributed by atoms with Gasteiger partial charge in [0.05, 0.1) is 20.3 Å². The summed E-state index contributed by atoms with van der Waals surface area (Å²) in [6.07, 6.45) is 2.76. The topological polar surface area (TPSA) is 56.8 Å². The predicted molar refractivity (Wildman–Crippen MR) is 108 cm³/mol. The molecule has 3 aliphatic rings. The molecule has 1 aromatic rings. The quantitative estimate of drug-likeness (QED) is 0.789. The van der Waals surface area contributed by atoms with Gasteiger partial charge in [0, 0.05) is 17.0 Å². The molecule has 2 bridgehead atoms. The van der Waals surface area contributed by atoms with Crippen LogP contribution < -0.4 is 14.8 Å². The molecular formula is C23H33NO4. The summed E-state index contributed by atoms with van der Waals surface area (Å²) in [7, 11) is 5.32. The van der Waals surface area contributed by atoms with Crippen LogP contribution in [0.5, 0.6) is 11.5 Å². The minimum absolute atomic E-state index is 0.0107. The van der Waals surface area contributed by atoms with Crippen LogP contribution in [0.25, 0.3) is 0 Å². The second-order valence-electron chi connectivity index (χ2n) is 9.58. The fourth-order valence-corrected chi connectivity index (χ4v) is 6.41. The van der Waals surface area contributed by atoms with Gasteiger partial charge < -0.3 is 19.5 Å². The van der Waals surface area contributed by atoms with Gasteiger partial charge in [-0.3, -0.25) is 4.79 Å². The first kappa shape index (κ1) is 19.6. The van der Waals surface area contributed by atoms with Crippen molar-refractivity contribution in [3.05, 3.63) is 22.8 Å². The molecule has 4 unspecified atom stereocenters. The lowest BCUT2D eigenvalue weighted by Crippen LogP contribution is -2.55. The van der Waals surface area contributed by atoms with E-state index in [1.165, 1.54) is 0 Å². The third-order valence-electron chi connectivity index (χ3n) is 7.45. The van der Waals surface area contributed by atoms with E-state index in [0.717, 1.165) is 41.7 Å². The van der Waals surface area contributed by atoms with Crippen molar-refractivity contribution in [3.8, 4) is 11.5 Å². The number of carbonyl (C=O) groups excluding carboxylic acids is 1. The van der Waals surface area contributed by atoms with Gasteiger partial charge in [0.25, 0.3) is 0 Å². The van der Waals surface area contributed by atoms with Crippen molar-refractivity contribution in [2.75, 3.05) is 21.3 Å². The Morgan fingerprint density at radius 3 is 2.43 bits per heavy atom. The summed E-state index contributed by atoms with van der Waals surface area (Å²) in [4.78, 5) is 13.5. The van der Waals surface area contributed by atoms with Crippen molar-refractivity contribution in [2.24, 2.45) is 11.3 Å². The minimum atomic E-state index is -0.650. The summed E-state index contributed by atoms with van der Waals surface area (Å²) in [5.74, 6) is 1.77. The number of nitrogens with one attached hydrogen (secondary N) is 1. The number of esters is 1. The maximum absolute atomic E-state index is 13.5. The summed E-state index contributed by atoms with van der Waals surface area (Å²) >= 11 is 0. The molecule has 1 saturated heterocycles. The SMILES string of the molecule is CNC1c2cc(C(C)C)c(OC)c(OC)c2C23CCCC(C)(C)C2C1OC3=O. The van der Waals surface area contributed by atoms with Crippen LogP contribution in [0.4, 0.5) is 0 Å². The first-order valence-electron chi connectivity index (χ1n) is 10.4. The Morgan fingerprint density at radius 1 is 1.18 bits per heavy atom. The van der Waals surface area contributed by atoms with Crippen molar-refractivity contribution >= 4 is 5.97 Å². The standard InChI is InChI=1S/C23H33NO4/c1-12(2)13-11-14-15(18(27-7)17(13)26-6)23-10-8-9-22(3,4)20(23)19(16(14)24-5)28-21(23)25/h11-12,16,19-20,24H,8-10H2,1-7H3. The van der Waals surface area contributed by atoms with Gasteiger partial charge in [-0.2, -0.15) is 0 Å². The highest BCUT2D eigenvalue weighted by molar-refractivity contribution is 5.90. The Labute approximate surface area is 168 Å². The molecule has 154 valence electrons. The number of hydrogen-bond donors (Lipinski definition) is 1. The second kappa shape index (κ2) is 6.38. The third kappa shape index (κ3) is 2.25. The van der Waals surface area contributed by atoms with Gasteiger partial charge in [-0.1, -0.05) is 34.1 Å². The zero-order valence-electron chi connectivity index (χ0n) is 18.1. The number of ether oxygens (including phenoxy) is 3. The molecule has 0 aromatic heterocycles. The Morgan fingerprint density at radius 2 is 1.86 bits per heavy atom. The van der Waals surface area contributed by atoms with E-state index in [1.807, 2.05) is 7.05 Å². The van der Waals surface area contributed by atoms with E-state index < -0.39 is 5.41 Å². The van der Waals surface area contributed by atoms with Crippen LogP contribution in [0.2, 0.25) is 0 Å². The van der Waals surface area contributed by atoms with Crippen molar-refractivity contribution in [1.82, 2.24) is 5.32 Å². The zero-order chi connectivity index (χ0) is 20.4. The van der Waals surface area contributed by atoms with E-state index in [2.05, 4.69) is 39.1 Å². The number of methoxy groups -OCH3 is 2. The Balaban J connectivity index is 2.11. The van der Waals surface area contributed by atoms with Crippen LogP contribution in [-0.4, -0.2) is 33.3 Å². The zero-order valence-corrected chi connectivity index (χ0v) is 18.1. The molecule has 28 heavy (non-hydrogen) atoms. The van der Waals surface area contributed by atoms with Crippen molar-refractivity contribution in [3.63, 3.8) is 0 Å². The fraction of sp³-hybridized carbons (Fsp3) is 0.696. The summed E-state index contributed by atoms with van der Waals surface area (Å²) in [6.45, 7) is 8.87. The minimum Gasteiger partial charge on any atom is -0.493 e. The average Bonchev–Trinajstić information content (AvgIpc) is 2.90. The van der Waals surface area contributed by atoms with E-state index in [0.29, 0.717) is 5.75 Å². The summed E-state index contributed by atoms with van der Waals surface area (Å²) < 4.78 is 17.9. The van der Waals surface area contributed by atoms with Gasteiger partial charge in [0.15, 0.2) is 11.5 Å². The number of likely N-dealkylation sites (N-methyl/N-ethyl adjacent to an activating group) is 1. The second-order valence-corrected chi connectivity index (χ2v) is 9.58. The van der Waals surface area contributed by atoms with Crippen LogP contribution in [-0.2, 0) is 14.9 Å². The molecule has 4 atom stereocenters. The van der Waals surface area contributed by atoms with Gasteiger partial charge in [-0.15, -0.1) is 0 Å². The lowest BCUT2D eigenvalue weighted by molar-refractivity contribution is -0.146. The number of hydrogen-bond acceptors (Lipinski definition) is 5. The molecule has 0 spiro atoms. The Hall–Kier alpha value is -1.75. The Kier molecular flexibility index (Phi) is 4.46. The summed E-state index contributed by atoms with van der Waals surface area (Å²) in [5.41, 5.74) is 2.59. The number of benzene rings is 1. The maximum Gasteiger partial charge on any atom is 0.317 e. The van der Waals surface area contributed by atoms with Gasteiger partial charge in [-0.05, 0) is 42.9 Å². The van der Waals surface area contributed by atoms with E-state index in [4.69, 9.17) is 14.2 Å². The smallest absolute Gasteiger partial charge is 0.317 e. The average molecular weight is 388 g/mol. The van der Waals surface area contributed by atoms with E-state index in [1.54, 1.807) is 14.2 Å². The van der Waals surface area contributed by atoms with Crippen molar-refractivity contribution in [1.29, 1.82) is 0 Å². The first-order valence-corrected chi connectivity index (χ1v) is 10.4. The summed E-state index contributed by atoms with van der Waals surface area (Å²) in [6, 6.07) is 2.17. The highest BCUT2D eigenvalue weighted by Crippen LogP contribution is 2.66. The van der Waals surface area contributed by atoms with Crippen LogP contribution in [0.15, 0.2) is 6.07 Å². The lowest BCUT2D eigenvalue weighted by atomic mass is 9.49. The molecule has 1 saturated carbocycles. The molecule has 1 heterocycles. The van der Waals surface area contributed by atoms with Crippen molar-refractivity contribution in [2.45, 2.75) is 70.4 Å². The third-order valence-corrected chi connectivity index (χ3v) is 7.45. The number of carbonyl (C=O) groups is 1. The molecule has 1 N–H and O–H groups in total. The largest absolute Gasteiger partial charge is 0.493 e. The van der Waals surface area contributed by atoms with E-state index >= 15 is 0 Å². The van der Waals surface area contributed by atoms with Crippen LogP contribution in [0.3, 0.4) is 0 Å². The molecule has 1 aliphatic heterocycles. The number of rotatable bonds is 4. The molecular weight excluding hydrogens is 354 g/mol. The van der Waals surface area contributed by atoms with Gasteiger partial charge >= 0.3 is 5.97 Å². The molecule has 2 aliphatic carbocycles. The van der Waals surface area contributed by atoms with E-state index in [-0.39, 0.29) is 35.4 Å². The molecule has 1 aromatic carbocycles. The predicted octanol–water partition coefficient (Wildman–Crippen LogP) is 4.09. The highest BCUT2D eigenvalue weighted by atomic mass is 16.6. The molecule has 2 fully saturated rings. The summed E-state index contributed by atoms with van der Waals surface area (Å²) in [5, 5.41) is 3.46. The molecule has 5 nitrogen and oxygen atoms in total. The first-order chi connectivity index (χ1) is 13.2. The van der Waals surface area contributed by atoms with Gasteiger partial charge in [0.2, 0.25) is 0 Å². The van der Waals surface area contributed by atoms with Crippen LogP contribution in [0.1, 0.15) is 75.6 Å². The fourth-order valence-electron chi connectivity index (χ4n) is 6.41. The Bertz CT molecular complexity index is 815. The molecule has 0 radical (unpaired) electrons. The van der Waals surface area contributed by atoms with Gasteiger partial charge in [0.1, 0.15) is 11.5 Å². The van der Waals surface area contributed by atoms with E-state index in [9.17, 15) is 4.79 Å². The maximum atomic E-state index is 13.5. The van der Waals surface area contributed by atoms with Crippen LogP contribution >= 0.6 is 0 Å². The molecule has 4 rings (SSSR count). The van der Waals surface area contributed by atoms with Crippen LogP contribution in [0, 0.1) is 11.3 Å².